The molecule has 1 aliphatic rings. The van der Waals surface area contributed by atoms with Crippen molar-refractivity contribution in [2.75, 3.05) is 6.61 Å². The SMILES string of the molecule is Cl.N[C@@H](COC1CC1)c1cccc(OC(F)(F)F)c1. The maximum absolute atomic E-state index is 12.1. The fourth-order valence-corrected chi connectivity index (χ4v) is 1.51. The molecular formula is C12H15ClF3NO2. The predicted molar refractivity (Wildman–Crippen MR) is 66.3 cm³/mol. The number of alkyl halides is 3. The minimum Gasteiger partial charge on any atom is -0.406 e. The van der Waals surface area contributed by atoms with E-state index in [1.807, 2.05) is 0 Å². The van der Waals surface area contributed by atoms with Crippen molar-refractivity contribution in [3.63, 3.8) is 0 Å². The van der Waals surface area contributed by atoms with E-state index in [-0.39, 0.29) is 24.3 Å². The highest BCUT2D eigenvalue weighted by Crippen LogP contribution is 2.27. The van der Waals surface area contributed by atoms with Gasteiger partial charge in [-0.3, -0.25) is 0 Å². The summed E-state index contributed by atoms with van der Waals surface area (Å²) in [6.07, 6.45) is -2.35. The fourth-order valence-electron chi connectivity index (χ4n) is 1.51. The summed E-state index contributed by atoms with van der Waals surface area (Å²) in [6.45, 7) is 0.306. The maximum Gasteiger partial charge on any atom is 0.573 e. The molecule has 0 heterocycles. The molecule has 1 aromatic rings. The number of hydrogen-bond acceptors (Lipinski definition) is 3. The molecule has 0 aliphatic heterocycles. The Morgan fingerprint density at radius 2 is 2.00 bits per heavy atom. The van der Waals surface area contributed by atoms with Crippen LogP contribution in [0, 0.1) is 0 Å². The molecule has 2 N–H and O–H groups in total. The highest BCUT2D eigenvalue weighted by atomic mass is 35.5. The quantitative estimate of drug-likeness (QED) is 0.908. The Balaban J connectivity index is 0.00000180. The van der Waals surface area contributed by atoms with Gasteiger partial charge in [-0.2, -0.15) is 0 Å². The van der Waals surface area contributed by atoms with Gasteiger partial charge in [0.05, 0.1) is 18.8 Å². The van der Waals surface area contributed by atoms with Crippen LogP contribution in [-0.2, 0) is 4.74 Å². The van der Waals surface area contributed by atoms with Gasteiger partial charge >= 0.3 is 6.36 Å². The molecular weight excluding hydrogens is 283 g/mol. The molecule has 0 bridgehead atoms. The zero-order valence-corrected chi connectivity index (χ0v) is 10.8. The average Bonchev–Trinajstić information content (AvgIpc) is 3.07. The fraction of sp³-hybridized carbons (Fsp3) is 0.500. The van der Waals surface area contributed by atoms with Gasteiger partial charge in [-0.05, 0) is 30.5 Å². The van der Waals surface area contributed by atoms with E-state index >= 15 is 0 Å². The van der Waals surface area contributed by atoms with E-state index in [4.69, 9.17) is 10.5 Å². The lowest BCUT2D eigenvalue weighted by Gasteiger charge is -2.14. The second-order valence-corrected chi connectivity index (χ2v) is 4.26. The number of halogens is 4. The van der Waals surface area contributed by atoms with E-state index in [9.17, 15) is 13.2 Å². The Kier molecular flexibility index (Phi) is 5.46. The first-order valence-corrected chi connectivity index (χ1v) is 5.67. The second-order valence-electron chi connectivity index (χ2n) is 4.26. The van der Waals surface area contributed by atoms with Crippen LogP contribution >= 0.6 is 12.4 Å². The first kappa shape index (κ1) is 16.1. The van der Waals surface area contributed by atoms with Gasteiger partial charge in [-0.25, -0.2) is 0 Å². The molecule has 2 rings (SSSR count). The summed E-state index contributed by atoms with van der Waals surface area (Å²) >= 11 is 0. The third-order valence-electron chi connectivity index (χ3n) is 2.56. The van der Waals surface area contributed by atoms with Crippen molar-refractivity contribution >= 4 is 12.4 Å². The van der Waals surface area contributed by atoms with Gasteiger partial charge in [0.15, 0.2) is 0 Å². The Morgan fingerprint density at radius 1 is 1.32 bits per heavy atom. The van der Waals surface area contributed by atoms with Gasteiger partial charge in [0.1, 0.15) is 5.75 Å². The molecule has 7 heteroatoms. The van der Waals surface area contributed by atoms with Crippen LogP contribution in [0.15, 0.2) is 24.3 Å². The van der Waals surface area contributed by atoms with E-state index < -0.39 is 12.4 Å². The Hall–Kier alpha value is -0.980. The Morgan fingerprint density at radius 3 is 2.58 bits per heavy atom. The van der Waals surface area contributed by atoms with Crippen molar-refractivity contribution in [2.45, 2.75) is 31.3 Å². The standard InChI is InChI=1S/C12H14F3NO2.ClH/c13-12(14,15)18-10-3-1-2-8(6-10)11(16)7-17-9-4-5-9;/h1-3,6,9,11H,4-5,7,16H2;1H/t11-;/m0./s1. The maximum atomic E-state index is 12.1. The molecule has 3 nitrogen and oxygen atoms in total. The number of benzene rings is 1. The minimum atomic E-state index is -4.69. The smallest absolute Gasteiger partial charge is 0.406 e. The van der Waals surface area contributed by atoms with E-state index in [1.54, 1.807) is 6.07 Å². The lowest BCUT2D eigenvalue weighted by molar-refractivity contribution is -0.274. The largest absolute Gasteiger partial charge is 0.573 e. The lowest BCUT2D eigenvalue weighted by Crippen LogP contribution is -2.19. The molecule has 0 aromatic heterocycles. The predicted octanol–water partition coefficient (Wildman–Crippen LogP) is 3.19. The molecule has 1 atom stereocenters. The molecule has 1 fully saturated rings. The molecule has 1 aromatic carbocycles. The van der Waals surface area contributed by atoms with Crippen molar-refractivity contribution in [3.8, 4) is 5.75 Å². The number of rotatable bonds is 5. The highest BCUT2D eigenvalue weighted by Gasteiger charge is 2.31. The van der Waals surface area contributed by atoms with Crippen molar-refractivity contribution in [2.24, 2.45) is 5.73 Å². The van der Waals surface area contributed by atoms with Crippen molar-refractivity contribution in [1.82, 2.24) is 0 Å². The van der Waals surface area contributed by atoms with E-state index in [2.05, 4.69) is 4.74 Å². The topological polar surface area (TPSA) is 44.5 Å². The van der Waals surface area contributed by atoms with Gasteiger partial charge in [-0.1, -0.05) is 12.1 Å². The van der Waals surface area contributed by atoms with E-state index in [0.717, 1.165) is 12.8 Å². The molecule has 1 aliphatic carbocycles. The highest BCUT2D eigenvalue weighted by molar-refractivity contribution is 5.85. The number of hydrogen-bond donors (Lipinski definition) is 1. The van der Waals surface area contributed by atoms with E-state index in [1.165, 1.54) is 18.2 Å². The summed E-state index contributed by atoms with van der Waals surface area (Å²) < 4.78 is 45.4. The van der Waals surface area contributed by atoms with Gasteiger partial charge in [0.25, 0.3) is 0 Å². The van der Waals surface area contributed by atoms with Crippen LogP contribution in [-0.4, -0.2) is 19.1 Å². The summed E-state index contributed by atoms with van der Waals surface area (Å²) in [7, 11) is 0. The zero-order valence-electron chi connectivity index (χ0n) is 10.0. The molecule has 19 heavy (non-hydrogen) atoms. The molecule has 1 saturated carbocycles. The van der Waals surface area contributed by atoms with Crippen LogP contribution in [0.1, 0.15) is 24.4 Å². The first-order valence-electron chi connectivity index (χ1n) is 5.67. The summed E-state index contributed by atoms with van der Waals surface area (Å²) in [5.41, 5.74) is 6.41. The third-order valence-corrected chi connectivity index (χ3v) is 2.56. The zero-order chi connectivity index (χ0) is 13.2. The van der Waals surface area contributed by atoms with Gasteiger partial charge in [0, 0.05) is 0 Å². The van der Waals surface area contributed by atoms with Crippen molar-refractivity contribution in [3.05, 3.63) is 29.8 Å². The molecule has 0 spiro atoms. The third kappa shape index (κ3) is 5.67. The van der Waals surface area contributed by atoms with Gasteiger partial charge in [-0.15, -0.1) is 25.6 Å². The van der Waals surface area contributed by atoms with Crippen LogP contribution in [0.3, 0.4) is 0 Å². The summed E-state index contributed by atoms with van der Waals surface area (Å²) in [5, 5.41) is 0. The van der Waals surface area contributed by atoms with Crippen molar-refractivity contribution < 1.29 is 22.6 Å². The number of nitrogens with two attached hydrogens (primary N) is 1. The Bertz CT molecular complexity index is 410. The monoisotopic (exact) mass is 297 g/mol. The molecule has 0 unspecified atom stereocenters. The molecule has 0 saturated heterocycles. The van der Waals surface area contributed by atoms with E-state index in [0.29, 0.717) is 12.2 Å². The van der Waals surface area contributed by atoms with Crippen LogP contribution in [0.5, 0.6) is 5.75 Å². The normalized spacial score (nSPS) is 16.6. The van der Waals surface area contributed by atoms with Crippen LogP contribution in [0.4, 0.5) is 13.2 Å². The summed E-state index contributed by atoms with van der Waals surface area (Å²) in [4.78, 5) is 0. The molecule has 0 amide bonds. The molecule has 108 valence electrons. The summed E-state index contributed by atoms with van der Waals surface area (Å²) in [6, 6.07) is 5.22. The average molecular weight is 298 g/mol. The van der Waals surface area contributed by atoms with Gasteiger partial charge < -0.3 is 15.2 Å². The minimum absolute atomic E-state index is 0. The van der Waals surface area contributed by atoms with Gasteiger partial charge in [0.2, 0.25) is 0 Å². The molecule has 0 radical (unpaired) electrons. The first-order chi connectivity index (χ1) is 8.44. The van der Waals surface area contributed by atoms with Crippen LogP contribution in [0.2, 0.25) is 0 Å². The van der Waals surface area contributed by atoms with Crippen LogP contribution < -0.4 is 10.5 Å². The van der Waals surface area contributed by atoms with Crippen molar-refractivity contribution in [1.29, 1.82) is 0 Å². The lowest BCUT2D eigenvalue weighted by atomic mass is 10.1. The summed E-state index contributed by atoms with van der Waals surface area (Å²) in [5.74, 6) is -0.262. The second kappa shape index (κ2) is 6.45. The Labute approximate surface area is 115 Å². The van der Waals surface area contributed by atoms with Crippen LogP contribution in [0.25, 0.3) is 0 Å². The number of ether oxygens (including phenoxy) is 2.